The van der Waals surface area contributed by atoms with Gasteiger partial charge in [0, 0.05) is 6.08 Å². The molecule has 0 atom stereocenters. The zero-order chi connectivity index (χ0) is 9.35. The van der Waals surface area contributed by atoms with Gasteiger partial charge in [-0.15, -0.1) is 0 Å². The van der Waals surface area contributed by atoms with Crippen LogP contribution >= 0.6 is 0 Å². The van der Waals surface area contributed by atoms with Crippen molar-refractivity contribution in [3.8, 4) is 0 Å². The molecule has 66 valence electrons. The van der Waals surface area contributed by atoms with Gasteiger partial charge in [-0.1, -0.05) is 0 Å². The predicted molar refractivity (Wildman–Crippen MR) is 40.3 cm³/mol. The quantitative estimate of drug-likeness (QED) is 0.535. The van der Waals surface area contributed by atoms with Crippen LogP contribution in [0.25, 0.3) is 0 Å². The fourth-order valence-electron chi connectivity index (χ4n) is 1.04. The Morgan fingerprint density at radius 2 is 2.17 bits per heavy atom. The van der Waals surface area contributed by atoms with Crippen LogP contribution in [0, 0.1) is 0 Å². The van der Waals surface area contributed by atoms with E-state index in [0.717, 1.165) is 6.08 Å². The molecule has 0 radical (unpaired) electrons. The normalized spacial score (nSPS) is 19.9. The monoisotopic (exact) mass is 170 g/mol. The molecule has 0 aromatic carbocycles. The number of methoxy groups -OCH3 is 1. The summed E-state index contributed by atoms with van der Waals surface area (Å²) in [6.07, 6.45) is 1.16. The molecule has 0 saturated heterocycles. The summed E-state index contributed by atoms with van der Waals surface area (Å²) in [5.41, 5.74) is -0.598. The molecule has 4 nitrogen and oxygen atoms in total. The van der Waals surface area contributed by atoms with Crippen molar-refractivity contribution in [3.63, 3.8) is 0 Å². The van der Waals surface area contributed by atoms with E-state index in [9.17, 15) is 9.59 Å². The predicted octanol–water partition coefficient (Wildman–Crippen LogP) is 0.421. The average Bonchev–Trinajstić information content (AvgIpc) is 2.23. The summed E-state index contributed by atoms with van der Waals surface area (Å²) in [7, 11) is 1.27. The van der Waals surface area contributed by atoms with Crippen LogP contribution in [-0.2, 0) is 19.1 Å². The number of rotatable bonds is 1. The Labute approximate surface area is 70.1 Å². The van der Waals surface area contributed by atoms with Gasteiger partial charge in [0.15, 0.2) is 0 Å². The van der Waals surface area contributed by atoms with Crippen LogP contribution in [0.1, 0.15) is 13.8 Å². The first-order valence-corrected chi connectivity index (χ1v) is 3.51. The van der Waals surface area contributed by atoms with Crippen LogP contribution in [-0.4, -0.2) is 24.6 Å². The van der Waals surface area contributed by atoms with E-state index in [1.165, 1.54) is 7.11 Å². The lowest BCUT2D eigenvalue weighted by Crippen LogP contribution is -2.28. The number of hydrogen-bond donors (Lipinski definition) is 0. The molecule has 1 rings (SSSR count). The first-order chi connectivity index (χ1) is 5.47. The van der Waals surface area contributed by atoms with Crippen molar-refractivity contribution in [2.75, 3.05) is 7.11 Å². The third-order valence-corrected chi connectivity index (χ3v) is 1.67. The van der Waals surface area contributed by atoms with Gasteiger partial charge in [-0.2, -0.15) is 0 Å². The molecule has 1 heterocycles. The van der Waals surface area contributed by atoms with Crippen molar-refractivity contribution in [2.45, 2.75) is 19.4 Å². The third-order valence-electron chi connectivity index (χ3n) is 1.67. The number of carbonyl (C=O) groups excluding carboxylic acids is 2. The van der Waals surface area contributed by atoms with Gasteiger partial charge < -0.3 is 9.47 Å². The number of hydrogen-bond acceptors (Lipinski definition) is 4. The van der Waals surface area contributed by atoms with Crippen LogP contribution in [0.2, 0.25) is 0 Å². The van der Waals surface area contributed by atoms with Gasteiger partial charge in [0.2, 0.25) is 0 Å². The second-order valence-electron chi connectivity index (χ2n) is 2.98. The highest BCUT2D eigenvalue weighted by Gasteiger charge is 2.38. The van der Waals surface area contributed by atoms with Crippen LogP contribution < -0.4 is 0 Å². The molecular formula is C8H10O4. The molecule has 0 unspecified atom stereocenters. The largest absolute Gasteiger partial charge is 0.466 e. The third kappa shape index (κ3) is 1.32. The molecule has 4 heteroatoms. The maximum atomic E-state index is 11.1. The minimum absolute atomic E-state index is 0.259. The number of ether oxygens (including phenoxy) is 2. The average molecular weight is 170 g/mol. The van der Waals surface area contributed by atoms with Gasteiger partial charge in [0.25, 0.3) is 0 Å². The highest BCUT2D eigenvalue weighted by Crippen LogP contribution is 2.27. The maximum Gasteiger partial charge on any atom is 0.338 e. The summed E-state index contributed by atoms with van der Waals surface area (Å²) in [4.78, 5) is 21.8. The number of carbonyl (C=O) groups is 2. The topological polar surface area (TPSA) is 52.6 Å². The van der Waals surface area contributed by atoms with Gasteiger partial charge >= 0.3 is 11.9 Å². The van der Waals surface area contributed by atoms with Crippen molar-refractivity contribution in [3.05, 3.63) is 11.6 Å². The fourth-order valence-corrected chi connectivity index (χ4v) is 1.04. The fraction of sp³-hybridized carbons (Fsp3) is 0.500. The Morgan fingerprint density at radius 3 is 2.50 bits per heavy atom. The molecule has 0 aliphatic carbocycles. The molecule has 12 heavy (non-hydrogen) atoms. The molecule has 0 spiro atoms. The summed E-state index contributed by atoms with van der Waals surface area (Å²) in [6, 6.07) is 0. The van der Waals surface area contributed by atoms with Gasteiger partial charge in [0.05, 0.1) is 12.7 Å². The Kier molecular flexibility index (Phi) is 1.92. The van der Waals surface area contributed by atoms with E-state index >= 15 is 0 Å². The minimum Gasteiger partial charge on any atom is -0.466 e. The maximum absolute atomic E-state index is 11.1. The summed E-state index contributed by atoms with van der Waals surface area (Å²) in [5.74, 6) is -1.02. The first-order valence-electron chi connectivity index (χ1n) is 3.51. The van der Waals surface area contributed by atoms with Crippen LogP contribution in [0.4, 0.5) is 0 Å². The van der Waals surface area contributed by atoms with Gasteiger partial charge in [-0.25, -0.2) is 9.59 Å². The van der Waals surface area contributed by atoms with E-state index in [4.69, 9.17) is 4.74 Å². The molecule has 0 fully saturated rings. The highest BCUT2D eigenvalue weighted by atomic mass is 16.6. The summed E-state index contributed by atoms with van der Waals surface area (Å²) in [6.45, 7) is 3.28. The summed E-state index contributed by atoms with van der Waals surface area (Å²) >= 11 is 0. The van der Waals surface area contributed by atoms with Crippen molar-refractivity contribution in [1.82, 2.24) is 0 Å². The minimum atomic E-state index is -0.857. The van der Waals surface area contributed by atoms with Crippen molar-refractivity contribution in [1.29, 1.82) is 0 Å². The Hall–Kier alpha value is -1.32. The van der Waals surface area contributed by atoms with Crippen LogP contribution in [0.15, 0.2) is 11.6 Å². The lowest BCUT2D eigenvalue weighted by molar-refractivity contribution is -0.145. The van der Waals surface area contributed by atoms with E-state index in [-0.39, 0.29) is 5.57 Å². The molecule has 0 saturated carbocycles. The smallest absolute Gasteiger partial charge is 0.338 e. The lowest BCUT2D eigenvalue weighted by atomic mass is 10.00. The zero-order valence-electron chi connectivity index (χ0n) is 7.21. The van der Waals surface area contributed by atoms with Crippen molar-refractivity contribution >= 4 is 11.9 Å². The second-order valence-corrected chi connectivity index (χ2v) is 2.98. The molecule has 1 aliphatic rings. The molecule has 0 amide bonds. The van der Waals surface area contributed by atoms with Crippen LogP contribution in [0.3, 0.4) is 0 Å². The molecule has 0 bridgehead atoms. The molecule has 0 N–H and O–H groups in total. The van der Waals surface area contributed by atoms with E-state index in [2.05, 4.69) is 4.74 Å². The van der Waals surface area contributed by atoms with E-state index in [0.29, 0.717) is 0 Å². The van der Waals surface area contributed by atoms with E-state index < -0.39 is 17.5 Å². The van der Waals surface area contributed by atoms with Crippen LogP contribution in [0.5, 0.6) is 0 Å². The lowest BCUT2D eigenvalue weighted by Gasteiger charge is -2.19. The number of esters is 2. The standard InChI is InChI=1S/C8H10O4/c1-8(2)5(7(10)11-3)4-6(9)12-8/h4H,1-3H3. The van der Waals surface area contributed by atoms with Gasteiger partial charge in [-0.3, -0.25) is 0 Å². The van der Waals surface area contributed by atoms with Gasteiger partial charge in [0.1, 0.15) is 5.60 Å². The number of cyclic esters (lactones) is 1. The Morgan fingerprint density at radius 1 is 1.58 bits per heavy atom. The highest BCUT2D eigenvalue weighted by molar-refractivity contribution is 6.01. The van der Waals surface area contributed by atoms with Crippen molar-refractivity contribution < 1.29 is 19.1 Å². The molecule has 1 aliphatic heterocycles. The molecular weight excluding hydrogens is 160 g/mol. The molecule has 0 aromatic heterocycles. The van der Waals surface area contributed by atoms with Crippen molar-refractivity contribution in [2.24, 2.45) is 0 Å². The van der Waals surface area contributed by atoms with E-state index in [1.54, 1.807) is 13.8 Å². The second kappa shape index (κ2) is 2.62. The summed E-state index contributed by atoms with van der Waals surface area (Å²) < 4.78 is 9.33. The molecule has 0 aromatic rings. The summed E-state index contributed by atoms with van der Waals surface area (Å²) in [5, 5.41) is 0. The van der Waals surface area contributed by atoms with E-state index in [1.807, 2.05) is 0 Å². The Balaban J connectivity index is 2.95. The first kappa shape index (κ1) is 8.77. The zero-order valence-corrected chi connectivity index (χ0v) is 7.21. The SMILES string of the molecule is COC(=O)C1=CC(=O)OC1(C)C. The van der Waals surface area contributed by atoms with Gasteiger partial charge in [-0.05, 0) is 13.8 Å². The Bertz CT molecular complexity index is 262.